The molecule has 7 heteroatoms. The van der Waals surface area contributed by atoms with Crippen LogP contribution in [0.5, 0.6) is 0 Å². The van der Waals surface area contributed by atoms with E-state index in [0.717, 1.165) is 62.3 Å². The van der Waals surface area contributed by atoms with Crippen molar-refractivity contribution in [3.05, 3.63) is 42.5 Å². The molecule has 1 aliphatic heterocycles. The Balaban J connectivity index is 1.35. The first-order valence-corrected chi connectivity index (χ1v) is 8.47. The molecule has 0 unspecified atom stereocenters. The van der Waals surface area contributed by atoms with Crippen molar-refractivity contribution in [1.29, 1.82) is 0 Å². The lowest BCUT2D eigenvalue weighted by Gasteiger charge is -2.28. The molecule has 1 aromatic carbocycles. The van der Waals surface area contributed by atoms with Crippen molar-refractivity contribution in [2.24, 2.45) is 0 Å². The number of fused-ring (bicyclic) bond motifs is 1. The van der Waals surface area contributed by atoms with Gasteiger partial charge in [0.2, 0.25) is 0 Å². The predicted octanol–water partition coefficient (Wildman–Crippen LogP) is 1.28. The second-order valence-electron chi connectivity index (χ2n) is 6.41. The lowest BCUT2D eigenvalue weighted by molar-refractivity contribution is 0.0786. The predicted molar refractivity (Wildman–Crippen MR) is 90.3 cm³/mol. The molecule has 4 rings (SSSR count). The summed E-state index contributed by atoms with van der Waals surface area (Å²) in [6.07, 6.45) is 5.46. The van der Waals surface area contributed by atoms with Crippen LogP contribution in [0.4, 0.5) is 0 Å². The molecule has 0 atom stereocenters. The molecule has 2 aromatic heterocycles. The highest BCUT2D eigenvalue weighted by atomic mass is 16.3. The van der Waals surface area contributed by atoms with Gasteiger partial charge in [-0.3, -0.25) is 9.58 Å². The van der Waals surface area contributed by atoms with Crippen LogP contribution in [-0.4, -0.2) is 53.7 Å². The van der Waals surface area contributed by atoms with Gasteiger partial charge in [0, 0.05) is 32.4 Å². The third-order valence-corrected chi connectivity index (χ3v) is 4.63. The molecule has 1 fully saturated rings. The van der Waals surface area contributed by atoms with Gasteiger partial charge in [0.15, 0.2) is 0 Å². The summed E-state index contributed by atoms with van der Waals surface area (Å²) in [5.74, 6) is 0. The number of aliphatic hydroxyl groups excluding tert-OH is 1. The number of hydrogen-bond donors (Lipinski definition) is 1. The molecule has 24 heavy (non-hydrogen) atoms. The van der Waals surface area contributed by atoms with E-state index in [2.05, 4.69) is 30.8 Å². The van der Waals surface area contributed by atoms with Crippen LogP contribution in [0.25, 0.3) is 11.0 Å². The van der Waals surface area contributed by atoms with Crippen LogP contribution in [0.15, 0.2) is 36.8 Å². The van der Waals surface area contributed by atoms with E-state index < -0.39 is 0 Å². The van der Waals surface area contributed by atoms with E-state index in [1.54, 1.807) is 0 Å². The average molecular weight is 326 g/mol. The molecule has 0 spiro atoms. The number of imidazole rings is 1. The zero-order chi connectivity index (χ0) is 16.4. The van der Waals surface area contributed by atoms with Crippen LogP contribution < -0.4 is 0 Å². The molecule has 1 saturated heterocycles. The van der Waals surface area contributed by atoms with Crippen molar-refractivity contribution in [2.45, 2.75) is 38.6 Å². The fourth-order valence-electron chi connectivity index (χ4n) is 3.23. The molecule has 0 aliphatic carbocycles. The van der Waals surface area contributed by atoms with Crippen LogP contribution in [0, 0.1) is 0 Å². The van der Waals surface area contributed by atoms with Crippen molar-refractivity contribution in [1.82, 2.24) is 29.4 Å². The molecule has 0 saturated carbocycles. The molecule has 7 nitrogen and oxygen atoms in total. The molecule has 1 aliphatic rings. The summed E-state index contributed by atoms with van der Waals surface area (Å²) in [7, 11) is 0. The van der Waals surface area contributed by atoms with Crippen LogP contribution in [0.1, 0.15) is 18.5 Å². The number of aryl methyl sites for hydroxylation is 2. The fourth-order valence-corrected chi connectivity index (χ4v) is 3.23. The van der Waals surface area contributed by atoms with Gasteiger partial charge < -0.3 is 9.67 Å². The number of nitrogens with zero attached hydrogens (tertiary/aromatic N) is 6. The smallest absolute Gasteiger partial charge is 0.0967 e. The van der Waals surface area contributed by atoms with Gasteiger partial charge in [0.1, 0.15) is 0 Å². The Kier molecular flexibility index (Phi) is 4.27. The van der Waals surface area contributed by atoms with Gasteiger partial charge in [-0.05, 0) is 25.0 Å². The Morgan fingerprint density at radius 2 is 1.96 bits per heavy atom. The molecule has 0 amide bonds. The van der Waals surface area contributed by atoms with Gasteiger partial charge in [0.25, 0.3) is 0 Å². The summed E-state index contributed by atoms with van der Waals surface area (Å²) in [5, 5.41) is 18.1. The van der Waals surface area contributed by atoms with Gasteiger partial charge in [-0.25, -0.2) is 4.98 Å². The number of likely N-dealkylation sites (tertiary alicyclic amines) is 1. The van der Waals surface area contributed by atoms with Crippen LogP contribution >= 0.6 is 0 Å². The molecule has 3 heterocycles. The maximum atomic E-state index is 9.57. The molecule has 3 aromatic rings. The van der Waals surface area contributed by atoms with Crippen LogP contribution in [0.3, 0.4) is 0 Å². The first kappa shape index (κ1) is 15.3. The van der Waals surface area contributed by atoms with Gasteiger partial charge in [-0.2, -0.15) is 0 Å². The molecule has 126 valence electrons. The fraction of sp³-hybridized carbons (Fsp3) is 0.471. The lowest BCUT2D eigenvalue weighted by atomic mass is 10.1. The SMILES string of the molecule is OC1CCN(Cc2cn(CCn3cnc4ccccc43)nn2)CC1. The summed E-state index contributed by atoms with van der Waals surface area (Å²) in [6.45, 7) is 4.25. The third-order valence-electron chi connectivity index (χ3n) is 4.63. The Hall–Kier alpha value is -2.25. The monoisotopic (exact) mass is 326 g/mol. The van der Waals surface area contributed by atoms with E-state index >= 15 is 0 Å². The average Bonchev–Trinajstić information content (AvgIpc) is 3.22. The molecular weight excluding hydrogens is 304 g/mol. The van der Waals surface area contributed by atoms with Crippen LogP contribution in [0.2, 0.25) is 0 Å². The maximum Gasteiger partial charge on any atom is 0.0967 e. The minimum absolute atomic E-state index is 0.137. The Bertz CT molecular complexity index is 802. The van der Waals surface area contributed by atoms with Gasteiger partial charge >= 0.3 is 0 Å². The number of piperidine rings is 1. The summed E-state index contributed by atoms with van der Waals surface area (Å²) >= 11 is 0. The van der Waals surface area contributed by atoms with E-state index in [0.29, 0.717) is 0 Å². The van der Waals surface area contributed by atoms with E-state index in [-0.39, 0.29) is 6.10 Å². The molecule has 0 radical (unpaired) electrons. The van der Waals surface area contributed by atoms with Crippen molar-refractivity contribution in [3.8, 4) is 0 Å². The topological polar surface area (TPSA) is 72.0 Å². The second kappa shape index (κ2) is 6.70. The first-order chi connectivity index (χ1) is 11.8. The molecule has 0 bridgehead atoms. The number of rotatable bonds is 5. The minimum Gasteiger partial charge on any atom is -0.393 e. The zero-order valence-electron chi connectivity index (χ0n) is 13.6. The lowest BCUT2D eigenvalue weighted by Crippen LogP contribution is -2.35. The standard InChI is InChI=1S/C17H22N6O/c24-15-5-7-21(8-6-15)11-14-12-23(20-19-14)10-9-22-13-18-16-3-1-2-4-17(16)22/h1-4,12-13,15,24H,5-11H2. The Morgan fingerprint density at radius 1 is 1.12 bits per heavy atom. The van der Waals surface area contributed by atoms with E-state index in [9.17, 15) is 5.11 Å². The Labute approximate surface area is 140 Å². The Morgan fingerprint density at radius 3 is 2.83 bits per heavy atom. The van der Waals surface area contributed by atoms with Gasteiger partial charge in [0.05, 0.1) is 35.7 Å². The minimum atomic E-state index is -0.137. The number of benzene rings is 1. The zero-order valence-corrected chi connectivity index (χ0v) is 13.6. The van der Waals surface area contributed by atoms with Crippen molar-refractivity contribution >= 4 is 11.0 Å². The maximum absolute atomic E-state index is 9.57. The van der Waals surface area contributed by atoms with E-state index in [1.165, 1.54) is 0 Å². The largest absolute Gasteiger partial charge is 0.393 e. The number of para-hydroxylation sites is 2. The highest BCUT2D eigenvalue weighted by Gasteiger charge is 2.17. The normalized spacial score (nSPS) is 16.9. The number of aliphatic hydroxyl groups is 1. The van der Waals surface area contributed by atoms with Crippen molar-refractivity contribution in [2.75, 3.05) is 13.1 Å². The van der Waals surface area contributed by atoms with Crippen LogP contribution in [-0.2, 0) is 19.6 Å². The van der Waals surface area contributed by atoms with Gasteiger partial charge in [-0.1, -0.05) is 17.3 Å². The summed E-state index contributed by atoms with van der Waals surface area (Å²) in [6, 6.07) is 8.14. The van der Waals surface area contributed by atoms with Crippen molar-refractivity contribution < 1.29 is 5.11 Å². The summed E-state index contributed by atoms with van der Waals surface area (Å²) in [5.41, 5.74) is 3.15. The number of hydrogen-bond acceptors (Lipinski definition) is 5. The second-order valence-corrected chi connectivity index (χ2v) is 6.41. The first-order valence-electron chi connectivity index (χ1n) is 8.47. The quantitative estimate of drug-likeness (QED) is 0.765. The van der Waals surface area contributed by atoms with Gasteiger partial charge in [-0.15, -0.1) is 5.10 Å². The van der Waals surface area contributed by atoms with Crippen molar-refractivity contribution in [3.63, 3.8) is 0 Å². The summed E-state index contributed by atoms with van der Waals surface area (Å²) in [4.78, 5) is 6.73. The summed E-state index contributed by atoms with van der Waals surface area (Å²) < 4.78 is 4.03. The third kappa shape index (κ3) is 3.32. The highest BCUT2D eigenvalue weighted by Crippen LogP contribution is 2.13. The van der Waals surface area contributed by atoms with E-state index in [1.807, 2.05) is 35.4 Å². The molecular formula is C17H22N6O. The number of aromatic nitrogens is 5. The molecule has 1 N–H and O–H groups in total. The highest BCUT2D eigenvalue weighted by molar-refractivity contribution is 5.74. The van der Waals surface area contributed by atoms with E-state index in [4.69, 9.17) is 0 Å².